The van der Waals surface area contributed by atoms with E-state index in [0.717, 1.165) is 23.3 Å². The Morgan fingerprint density at radius 1 is 1.00 bits per heavy atom. The highest BCUT2D eigenvalue weighted by atomic mass is 32.2. The second-order valence-corrected chi connectivity index (χ2v) is 7.45. The Morgan fingerprint density at radius 3 is 2.50 bits per heavy atom. The third kappa shape index (κ3) is 3.41. The summed E-state index contributed by atoms with van der Waals surface area (Å²) >= 11 is 1.23. The van der Waals surface area contributed by atoms with Gasteiger partial charge in [-0.25, -0.2) is 18.3 Å². The number of nitrogens with one attached hydrogen (secondary N) is 1. The summed E-state index contributed by atoms with van der Waals surface area (Å²) in [4.78, 5) is 28.6. The van der Waals surface area contributed by atoms with Crippen molar-refractivity contribution < 1.29 is 18.4 Å². The number of amides is 3. The molecule has 28 heavy (non-hydrogen) atoms. The van der Waals surface area contributed by atoms with E-state index < -0.39 is 23.7 Å². The Kier molecular flexibility index (Phi) is 4.91. The lowest BCUT2D eigenvalue weighted by Crippen LogP contribution is -2.58. The minimum Gasteiger partial charge on any atom is -0.291 e. The Labute approximate surface area is 165 Å². The maximum Gasteiger partial charge on any atom is 0.331 e. The SMILES string of the molecule is Cc1cccc(CN2C(=O)C3NSC=C3N(Cc3ccc(F)c(F)c3)C2=O)c1. The number of carbonyl (C=O) groups is 2. The zero-order valence-electron chi connectivity index (χ0n) is 15.0. The van der Waals surface area contributed by atoms with Gasteiger partial charge >= 0.3 is 6.03 Å². The van der Waals surface area contributed by atoms with E-state index in [0.29, 0.717) is 11.3 Å². The second kappa shape index (κ2) is 7.37. The molecule has 1 unspecified atom stereocenters. The molecule has 0 aromatic heterocycles. The summed E-state index contributed by atoms with van der Waals surface area (Å²) in [6.45, 7) is 2.12. The molecule has 2 aliphatic rings. The fourth-order valence-corrected chi connectivity index (χ4v) is 4.12. The van der Waals surface area contributed by atoms with Crippen molar-refractivity contribution in [1.29, 1.82) is 0 Å². The molecule has 0 spiro atoms. The van der Waals surface area contributed by atoms with Gasteiger partial charge in [-0.2, -0.15) is 0 Å². The predicted molar refractivity (Wildman–Crippen MR) is 102 cm³/mol. The number of hydrogen-bond donors (Lipinski definition) is 1. The van der Waals surface area contributed by atoms with E-state index in [2.05, 4.69) is 4.72 Å². The topological polar surface area (TPSA) is 52.7 Å². The number of rotatable bonds is 4. The van der Waals surface area contributed by atoms with Crippen LogP contribution in [0.5, 0.6) is 0 Å². The summed E-state index contributed by atoms with van der Waals surface area (Å²) in [7, 11) is 0. The molecule has 0 bridgehead atoms. The third-order valence-electron chi connectivity index (χ3n) is 4.70. The lowest BCUT2D eigenvalue weighted by Gasteiger charge is -2.38. The summed E-state index contributed by atoms with van der Waals surface area (Å²) in [5, 5.41) is 1.70. The fraction of sp³-hybridized carbons (Fsp3) is 0.200. The zero-order valence-corrected chi connectivity index (χ0v) is 15.8. The van der Waals surface area contributed by atoms with E-state index in [9.17, 15) is 18.4 Å². The molecule has 2 aliphatic heterocycles. The first-order valence-electron chi connectivity index (χ1n) is 8.67. The van der Waals surface area contributed by atoms with Crippen molar-refractivity contribution in [3.8, 4) is 0 Å². The van der Waals surface area contributed by atoms with E-state index in [1.807, 2.05) is 31.2 Å². The first-order chi connectivity index (χ1) is 13.4. The van der Waals surface area contributed by atoms with E-state index in [1.54, 1.807) is 5.41 Å². The molecule has 5 nitrogen and oxygen atoms in total. The van der Waals surface area contributed by atoms with Gasteiger partial charge in [-0.05, 0) is 30.2 Å². The molecular formula is C20H17F2N3O2S. The first kappa shape index (κ1) is 18.6. The average molecular weight is 401 g/mol. The van der Waals surface area contributed by atoms with Crippen LogP contribution in [0.25, 0.3) is 0 Å². The Morgan fingerprint density at radius 2 is 1.75 bits per heavy atom. The molecule has 1 N–H and O–H groups in total. The van der Waals surface area contributed by atoms with Crippen LogP contribution < -0.4 is 4.72 Å². The molecule has 1 atom stereocenters. The molecule has 2 aromatic carbocycles. The number of imide groups is 1. The monoisotopic (exact) mass is 401 g/mol. The van der Waals surface area contributed by atoms with Crippen LogP contribution in [0.15, 0.2) is 53.6 Å². The summed E-state index contributed by atoms with van der Waals surface area (Å²) < 4.78 is 29.8. The van der Waals surface area contributed by atoms with Gasteiger partial charge in [0.2, 0.25) is 0 Å². The van der Waals surface area contributed by atoms with Crippen LogP contribution in [0.3, 0.4) is 0 Å². The lowest BCUT2D eigenvalue weighted by molar-refractivity contribution is -0.132. The molecule has 1 saturated heterocycles. The molecule has 1 fully saturated rings. The van der Waals surface area contributed by atoms with Crippen molar-refractivity contribution in [3.05, 3.63) is 81.9 Å². The smallest absolute Gasteiger partial charge is 0.291 e. The van der Waals surface area contributed by atoms with Gasteiger partial charge in [-0.15, -0.1) is 0 Å². The van der Waals surface area contributed by atoms with Crippen LogP contribution in [0, 0.1) is 18.6 Å². The quantitative estimate of drug-likeness (QED) is 0.794. The van der Waals surface area contributed by atoms with Gasteiger partial charge in [0.1, 0.15) is 6.04 Å². The largest absolute Gasteiger partial charge is 0.331 e. The van der Waals surface area contributed by atoms with Crippen LogP contribution in [0.2, 0.25) is 0 Å². The van der Waals surface area contributed by atoms with Crippen molar-refractivity contribution >= 4 is 23.9 Å². The van der Waals surface area contributed by atoms with E-state index >= 15 is 0 Å². The Bertz CT molecular complexity index is 995. The second-order valence-electron chi connectivity index (χ2n) is 6.74. The van der Waals surface area contributed by atoms with Crippen molar-refractivity contribution in [1.82, 2.24) is 14.5 Å². The normalized spacial score (nSPS) is 19.1. The van der Waals surface area contributed by atoms with E-state index in [4.69, 9.17) is 0 Å². The third-order valence-corrected chi connectivity index (χ3v) is 5.43. The number of carbonyl (C=O) groups excluding carboxylic acids is 2. The Balaban J connectivity index is 1.64. The van der Waals surface area contributed by atoms with Crippen molar-refractivity contribution in [3.63, 3.8) is 0 Å². The molecular weight excluding hydrogens is 384 g/mol. The molecule has 0 saturated carbocycles. The number of nitrogens with zero attached hydrogens (tertiary/aromatic N) is 2. The molecule has 3 amide bonds. The predicted octanol–water partition coefficient (Wildman–Crippen LogP) is 3.70. The lowest BCUT2D eigenvalue weighted by atomic mass is 10.1. The highest BCUT2D eigenvalue weighted by molar-refractivity contribution is 8.00. The standard InChI is InChI=1S/C20H17F2N3O2S/c1-12-3-2-4-13(7-12)10-25-19(26)18-17(11-28-23-18)24(20(25)27)9-14-5-6-15(21)16(22)8-14/h2-8,11,18,23H,9-10H2,1H3. The minimum absolute atomic E-state index is 0.0399. The van der Waals surface area contributed by atoms with Gasteiger partial charge in [0.05, 0.1) is 18.8 Å². The summed E-state index contributed by atoms with van der Waals surface area (Å²) in [5.41, 5.74) is 2.83. The van der Waals surface area contributed by atoms with Gasteiger partial charge in [-0.3, -0.25) is 14.6 Å². The highest BCUT2D eigenvalue weighted by Gasteiger charge is 2.44. The maximum atomic E-state index is 13.6. The first-order valence-corrected chi connectivity index (χ1v) is 9.55. The zero-order chi connectivity index (χ0) is 19.8. The highest BCUT2D eigenvalue weighted by Crippen LogP contribution is 2.31. The summed E-state index contributed by atoms with van der Waals surface area (Å²) in [6, 6.07) is 9.97. The van der Waals surface area contributed by atoms with Crippen molar-refractivity contribution in [2.45, 2.75) is 26.1 Å². The van der Waals surface area contributed by atoms with Gasteiger partial charge in [0.25, 0.3) is 5.91 Å². The molecule has 0 radical (unpaired) electrons. The summed E-state index contributed by atoms with van der Waals surface area (Å²) in [6.07, 6.45) is 0. The molecule has 144 valence electrons. The van der Waals surface area contributed by atoms with E-state index in [-0.39, 0.29) is 19.0 Å². The molecule has 8 heteroatoms. The average Bonchev–Trinajstić information content (AvgIpc) is 3.15. The van der Waals surface area contributed by atoms with Crippen LogP contribution in [0.1, 0.15) is 16.7 Å². The van der Waals surface area contributed by atoms with Gasteiger partial charge < -0.3 is 0 Å². The van der Waals surface area contributed by atoms with Crippen LogP contribution in [-0.4, -0.2) is 27.8 Å². The van der Waals surface area contributed by atoms with Gasteiger partial charge in [0.15, 0.2) is 11.6 Å². The number of halogens is 2. The fourth-order valence-electron chi connectivity index (χ4n) is 3.31. The minimum atomic E-state index is -0.973. The van der Waals surface area contributed by atoms with Crippen molar-refractivity contribution in [2.75, 3.05) is 0 Å². The van der Waals surface area contributed by atoms with Crippen LogP contribution in [-0.2, 0) is 17.9 Å². The molecule has 2 heterocycles. The maximum absolute atomic E-state index is 13.6. The number of urea groups is 1. The number of benzene rings is 2. The summed E-state index contributed by atoms with van der Waals surface area (Å²) in [5.74, 6) is -2.25. The van der Waals surface area contributed by atoms with Gasteiger partial charge in [-0.1, -0.05) is 47.8 Å². The number of hydrogen-bond acceptors (Lipinski definition) is 4. The Hall–Kier alpha value is -2.71. The van der Waals surface area contributed by atoms with Crippen LogP contribution >= 0.6 is 11.9 Å². The van der Waals surface area contributed by atoms with Crippen LogP contribution in [0.4, 0.5) is 13.6 Å². The number of fused-ring (bicyclic) bond motifs is 1. The number of aryl methyl sites for hydroxylation is 1. The molecule has 4 rings (SSSR count). The molecule has 0 aliphatic carbocycles. The molecule has 2 aromatic rings. The van der Waals surface area contributed by atoms with E-state index in [1.165, 1.54) is 27.8 Å². The van der Waals surface area contributed by atoms with Crippen molar-refractivity contribution in [2.24, 2.45) is 0 Å². The van der Waals surface area contributed by atoms with Gasteiger partial charge in [0, 0.05) is 5.41 Å².